The Balaban J connectivity index is 1.79. The molecule has 0 bridgehead atoms. The summed E-state index contributed by atoms with van der Waals surface area (Å²) in [6, 6.07) is 0. The lowest BCUT2D eigenvalue weighted by atomic mass is 10.3. The molecule has 2 rings (SSSR count). The normalized spacial score (nSPS) is 15.6. The Morgan fingerprint density at radius 1 is 1.36 bits per heavy atom. The minimum absolute atomic E-state index is 0.0289. The smallest absolute Gasteiger partial charge is 0.263 e. The van der Waals surface area contributed by atoms with E-state index in [1.165, 1.54) is 25.9 Å². The van der Waals surface area contributed by atoms with E-state index in [4.69, 9.17) is 0 Å². The number of likely N-dealkylation sites (tertiary alicyclic amines) is 1. The standard InChI is InChI=1S/C16H28N4OS/c1-13-15(16(21)17-8-6-9-19(2)3)22-14(18-13)7-12-20-10-4-5-11-20/h4-12H2,1-3H3,(H,17,21). The first-order chi connectivity index (χ1) is 10.6. The van der Waals surface area contributed by atoms with Gasteiger partial charge in [-0.1, -0.05) is 0 Å². The maximum atomic E-state index is 12.2. The van der Waals surface area contributed by atoms with Crippen molar-refractivity contribution >= 4 is 17.2 Å². The molecule has 0 spiro atoms. The number of hydrogen-bond donors (Lipinski definition) is 1. The van der Waals surface area contributed by atoms with Gasteiger partial charge in [0.2, 0.25) is 0 Å². The van der Waals surface area contributed by atoms with Gasteiger partial charge in [0.25, 0.3) is 5.91 Å². The summed E-state index contributed by atoms with van der Waals surface area (Å²) in [6.45, 7) is 7.13. The molecule has 1 aromatic rings. The van der Waals surface area contributed by atoms with Crippen molar-refractivity contribution in [3.05, 3.63) is 15.6 Å². The fraction of sp³-hybridized carbons (Fsp3) is 0.750. The molecule has 2 heterocycles. The summed E-state index contributed by atoms with van der Waals surface area (Å²) in [7, 11) is 4.09. The molecule has 0 saturated carbocycles. The molecule has 0 atom stereocenters. The molecule has 1 N–H and O–H groups in total. The third kappa shape index (κ3) is 5.34. The maximum absolute atomic E-state index is 12.2. The van der Waals surface area contributed by atoms with Crippen LogP contribution in [-0.4, -0.2) is 67.5 Å². The van der Waals surface area contributed by atoms with E-state index in [2.05, 4.69) is 20.1 Å². The maximum Gasteiger partial charge on any atom is 0.263 e. The molecular weight excluding hydrogens is 296 g/mol. The van der Waals surface area contributed by atoms with E-state index in [0.29, 0.717) is 0 Å². The predicted octanol–water partition coefficient (Wildman–Crippen LogP) is 1.77. The third-order valence-electron chi connectivity index (χ3n) is 3.96. The Morgan fingerprint density at radius 2 is 2.09 bits per heavy atom. The van der Waals surface area contributed by atoms with Gasteiger partial charge in [-0.15, -0.1) is 11.3 Å². The first-order valence-corrected chi connectivity index (χ1v) is 8.99. The zero-order chi connectivity index (χ0) is 15.9. The number of nitrogens with one attached hydrogen (secondary N) is 1. The highest BCUT2D eigenvalue weighted by atomic mass is 32.1. The fourth-order valence-electron chi connectivity index (χ4n) is 2.71. The topological polar surface area (TPSA) is 48.5 Å². The second kappa shape index (κ2) is 8.60. The largest absolute Gasteiger partial charge is 0.351 e. The van der Waals surface area contributed by atoms with Gasteiger partial charge in [-0.05, 0) is 59.9 Å². The SMILES string of the molecule is Cc1nc(CCN2CCCC2)sc1C(=O)NCCCN(C)C. The second-order valence-electron chi connectivity index (χ2n) is 6.23. The van der Waals surface area contributed by atoms with E-state index in [0.717, 1.165) is 48.1 Å². The van der Waals surface area contributed by atoms with Crippen LogP contribution in [-0.2, 0) is 6.42 Å². The van der Waals surface area contributed by atoms with E-state index < -0.39 is 0 Å². The zero-order valence-electron chi connectivity index (χ0n) is 14.0. The summed E-state index contributed by atoms with van der Waals surface area (Å²) in [5.74, 6) is 0.0289. The van der Waals surface area contributed by atoms with Crippen molar-refractivity contribution in [3.63, 3.8) is 0 Å². The molecule has 1 aromatic heterocycles. The molecule has 1 fully saturated rings. The van der Waals surface area contributed by atoms with Crippen molar-refractivity contribution in [1.29, 1.82) is 0 Å². The summed E-state index contributed by atoms with van der Waals surface area (Å²) < 4.78 is 0. The number of hydrogen-bond acceptors (Lipinski definition) is 5. The highest BCUT2D eigenvalue weighted by molar-refractivity contribution is 7.13. The van der Waals surface area contributed by atoms with Crippen LogP contribution in [0, 0.1) is 6.92 Å². The van der Waals surface area contributed by atoms with Crippen LogP contribution < -0.4 is 5.32 Å². The van der Waals surface area contributed by atoms with Gasteiger partial charge in [-0.25, -0.2) is 4.98 Å². The Kier molecular flexibility index (Phi) is 6.79. The van der Waals surface area contributed by atoms with Crippen LogP contribution >= 0.6 is 11.3 Å². The number of thiazole rings is 1. The van der Waals surface area contributed by atoms with Crippen molar-refractivity contribution in [2.24, 2.45) is 0 Å². The van der Waals surface area contributed by atoms with Crippen molar-refractivity contribution in [2.75, 3.05) is 46.8 Å². The lowest BCUT2D eigenvalue weighted by molar-refractivity contribution is 0.0955. The van der Waals surface area contributed by atoms with E-state index in [-0.39, 0.29) is 5.91 Å². The summed E-state index contributed by atoms with van der Waals surface area (Å²) in [5.41, 5.74) is 0.867. The van der Waals surface area contributed by atoms with Gasteiger partial charge < -0.3 is 15.1 Å². The lowest BCUT2D eigenvalue weighted by Crippen LogP contribution is -2.26. The van der Waals surface area contributed by atoms with Gasteiger partial charge >= 0.3 is 0 Å². The summed E-state index contributed by atoms with van der Waals surface area (Å²) in [6.07, 6.45) is 4.56. The van der Waals surface area contributed by atoms with E-state index >= 15 is 0 Å². The first kappa shape index (κ1) is 17.4. The number of carbonyl (C=O) groups is 1. The minimum atomic E-state index is 0.0289. The molecule has 0 aliphatic carbocycles. The van der Waals surface area contributed by atoms with Crippen LogP contribution in [0.25, 0.3) is 0 Å². The fourth-order valence-corrected chi connectivity index (χ4v) is 3.68. The molecular formula is C16H28N4OS. The second-order valence-corrected chi connectivity index (χ2v) is 7.32. The average Bonchev–Trinajstić information content (AvgIpc) is 3.10. The zero-order valence-corrected chi connectivity index (χ0v) is 14.8. The quantitative estimate of drug-likeness (QED) is 0.741. The lowest BCUT2D eigenvalue weighted by Gasteiger charge is -2.12. The van der Waals surface area contributed by atoms with Crippen LogP contribution in [0.1, 0.15) is 39.6 Å². The predicted molar refractivity (Wildman–Crippen MR) is 91.7 cm³/mol. The van der Waals surface area contributed by atoms with Crippen LogP contribution in [0.3, 0.4) is 0 Å². The van der Waals surface area contributed by atoms with Gasteiger partial charge in [0.05, 0.1) is 10.7 Å². The Hall–Kier alpha value is -0.980. The molecule has 1 amide bonds. The number of aryl methyl sites for hydroxylation is 1. The highest BCUT2D eigenvalue weighted by Crippen LogP contribution is 2.19. The Bertz CT molecular complexity index is 480. The number of amides is 1. The third-order valence-corrected chi connectivity index (χ3v) is 5.17. The molecule has 124 valence electrons. The molecule has 22 heavy (non-hydrogen) atoms. The van der Waals surface area contributed by atoms with Gasteiger partial charge in [0, 0.05) is 19.5 Å². The summed E-state index contributed by atoms with van der Waals surface area (Å²) in [4.78, 5) is 22.2. The van der Waals surface area contributed by atoms with E-state index in [1.807, 2.05) is 21.0 Å². The highest BCUT2D eigenvalue weighted by Gasteiger charge is 2.16. The first-order valence-electron chi connectivity index (χ1n) is 8.18. The molecule has 5 nitrogen and oxygen atoms in total. The summed E-state index contributed by atoms with van der Waals surface area (Å²) >= 11 is 1.56. The molecule has 0 radical (unpaired) electrons. The van der Waals surface area contributed by atoms with Gasteiger partial charge in [0.1, 0.15) is 4.88 Å². The van der Waals surface area contributed by atoms with E-state index in [1.54, 1.807) is 11.3 Å². The van der Waals surface area contributed by atoms with E-state index in [9.17, 15) is 4.79 Å². The molecule has 1 aliphatic rings. The van der Waals surface area contributed by atoms with Crippen LogP contribution in [0.4, 0.5) is 0 Å². The number of carbonyl (C=O) groups excluding carboxylic acids is 1. The minimum Gasteiger partial charge on any atom is -0.351 e. The van der Waals surface area contributed by atoms with Crippen molar-refractivity contribution in [3.8, 4) is 0 Å². The Morgan fingerprint density at radius 3 is 2.77 bits per heavy atom. The van der Waals surface area contributed by atoms with Crippen LogP contribution in [0.15, 0.2) is 0 Å². The van der Waals surface area contributed by atoms with Crippen molar-refractivity contribution < 1.29 is 4.79 Å². The molecule has 1 saturated heterocycles. The monoisotopic (exact) mass is 324 g/mol. The summed E-state index contributed by atoms with van der Waals surface area (Å²) in [5, 5.41) is 4.09. The number of rotatable bonds is 8. The molecule has 1 aliphatic heterocycles. The van der Waals surface area contributed by atoms with Crippen LogP contribution in [0.5, 0.6) is 0 Å². The van der Waals surface area contributed by atoms with Gasteiger partial charge in [-0.3, -0.25) is 4.79 Å². The number of aromatic nitrogens is 1. The van der Waals surface area contributed by atoms with Crippen molar-refractivity contribution in [1.82, 2.24) is 20.1 Å². The van der Waals surface area contributed by atoms with Crippen molar-refractivity contribution in [2.45, 2.75) is 32.6 Å². The van der Waals surface area contributed by atoms with Crippen LogP contribution in [0.2, 0.25) is 0 Å². The number of nitrogens with zero attached hydrogens (tertiary/aromatic N) is 3. The Labute approximate surface area is 137 Å². The molecule has 0 aromatic carbocycles. The molecule has 6 heteroatoms. The van der Waals surface area contributed by atoms with Gasteiger partial charge in [0.15, 0.2) is 0 Å². The molecule has 0 unspecified atom stereocenters. The average molecular weight is 324 g/mol. The van der Waals surface area contributed by atoms with Gasteiger partial charge in [-0.2, -0.15) is 0 Å².